The summed E-state index contributed by atoms with van der Waals surface area (Å²) in [6, 6.07) is 10.7. The largest absolute Gasteiger partial charge is 0.435 e. The fraction of sp³-hybridized carbons (Fsp3) is 0.389. The van der Waals surface area contributed by atoms with Gasteiger partial charge < -0.3 is 9.47 Å². The molecule has 1 atom stereocenters. The predicted octanol–water partition coefficient (Wildman–Crippen LogP) is 3.30. The number of ether oxygens (including phenoxy) is 2. The zero-order valence-electron chi connectivity index (χ0n) is 13.3. The first-order valence-electron chi connectivity index (χ1n) is 7.98. The van der Waals surface area contributed by atoms with Crippen LogP contribution in [0.15, 0.2) is 48.8 Å². The quantitative estimate of drug-likeness (QED) is 0.812. The first-order valence-corrected chi connectivity index (χ1v) is 7.98. The number of rotatable bonds is 6. The summed E-state index contributed by atoms with van der Waals surface area (Å²) in [7, 11) is 0. The van der Waals surface area contributed by atoms with Gasteiger partial charge in [0.05, 0.1) is 12.7 Å². The molecule has 2 aromatic rings. The third-order valence-corrected chi connectivity index (χ3v) is 4.09. The van der Waals surface area contributed by atoms with Gasteiger partial charge in [-0.1, -0.05) is 12.1 Å². The Morgan fingerprint density at radius 1 is 1.17 bits per heavy atom. The maximum atomic E-state index is 12.2. The van der Waals surface area contributed by atoms with Gasteiger partial charge in [-0.15, -0.1) is 0 Å². The van der Waals surface area contributed by atoms with Crippen LogP contribution in [0.25, 0.3) is 0 Å². The summed E-state index contributed by atoms with van der Waals surface area (Å²) >= 11 is 0. The highest BCUT2D eigenvalue weighted by Crippen LogP contribution is 2.25. The second-order valence-corrected chi connectivity index (χ2v) is 5.71. The van der Waals surface area contributed by atoms with Crippen molar-refractivity contribution in [3.8, 4) is 5.75 Å². The highest BCUT2D eigenvalue weighted by molar-refractivity contribution is 5.29. The number of nitrogens with zero attached hydrogens (tertiary/aromatic N) is 2. The smallest absolute Gasteiger partial charge is 0.387 e. The molecule has 0 N–H and O–H groups in total. The fourth-order valence-electron chi connectivity index (χ4n) is 2.81. The van der Waals surface area contributed by atoms with E-state index in [0.29, 0.717) is 6.61 Å². The summed E-state index contributed by atoms with van der Waals surface area (Å²) in [6.07, 6.45) is 4.54. The summed E-state index contributed by atoms with van der Waals surface area (Å²) < 4.78 is 34.6. The minimum atomic E-state index is -2.80. The van der Waals surface area contributed by atoms with Gasteiger partial charge in [0.1, 0.15) is 5.75 Å². The average Bonchev–Trinajstić information content (AvgIpc) is 2.61. The molecule has 0 unspecified atom stereocenters. The van der Waals surface area contributed by atoms with Crippen LogP contribution in [0.4, 0.5) is 8.78 Å². The monoisotopic (exact) mass is 334 g/mol. The molecule has 3 rings (SSSR count). The van der Waals surface area contributed by atoms with Crippen LogP contribution in [0.3, 0.4) is 0 Å². The van der Waals surface area contributed by atoms with Crippen molar-refractivity contribution in [1.82, 2.24) is 9.88 Å². The number of morpholine rings is 1. The van der Waals surface area contributed by atoms with E-state index in [1.165, 1.54) is 5.56 Å². The molecule has 24 heavy (non-hydrogen) atoms. The topological polar surface area (TPSA) is 34.6 Å². The molecule has 0 aliphatic carbocycles. The standard InChI is InChI=1S/C18H20F2N2O2/c19-18(20)24-16-3-1-15(2-4-16)17-13-22(11-12-23-17)10-7-14-5-8-21-9-6-14/h1-6,8-9,17-18H,7,10-13H2/t17-/m1/s1. The molecular weight excluding hydrogens is 314 g/mol. The van der Waals surface area contributed by atoms with E-state index in [1.54, 1.807) is 36.7 Å². The Bertz CT molecular complexity index is 623. The predicted molar refractivity (Wildman–Crippen MR) is 86.1 cm³/mol. The molecule has 0 spiro atoms. The van der Waals surface area contributed by atoms with Gasteiger partial charge in [-0.2, -0.15) is 8.78 Å². The lowest BCUT2D eigenvalue weighted by molar-refractivity contribution is -0.0500. The molecule has 1 aromatic heterocycles. The molecule has 1 aromatic carbocycles. The van der Waals surface area contributed by atoms with E-state index in [0.717, 1.165) is 31.6 Å². The molecular formula is C18H20F2N2O2. The maximum absolute atomic E-state index is 12.2. The molecule has 0 amide bonds. The van der Waals surface area contributed by atoms with E-state index in [1.807, 2.05) is 12.1 Å². The minimum Gasteiger partial charge on any atom is -0.435 e. The van der Waals surface area contributed by atoms with Crippen LogP contribution >= 0.6 is 0 Å². The molecule has 2 heterocycles. The van der Waals surface area contributed by atoms with Gasteiger partial charge in [0, 0.05) is 32.0 Å². The van der Waals surface area contributed by atoms with Crippen LogP contribution in [-0.4, -0.2) is 42.7 Å². The highest BCUT2D eigenvalue weighted by Gasteiger charge is 2.21. The average molecular weight is 334 g/mol. The highest BCUT2D eigenvalue weighted by atomic mass is 19.3. The van der Waals surface area contributed by atoms with Crippen LogP contribution in [0, 0.1) is 0 Å². The van der Waals surface area contributed by atoms with Crippen LogP contribution in [0.5, 0.6) is 5.75 Å². The van der Waals surface area contributed by atoms with Crippen molar-refractivity contribution in [2.24, 2.45) is 0 Å². The van der Waals surface area contributed by atoms with E-state index >= 15 is 0 Å². The van der Waals surface area contributed by atoms with Crippen molar-refractivity contribution in [2.45, 2.75) is 19.1 Å². The summed E-state index contributed by atoms with van der Waals surface area (Å²) in [5, 5.41) is 0. The van der Waals surface area contributed by atoms with Crippen LogP contribution in [0.1, 0.15) is 17.2 Å². The van der Waals surface area contributed by atoms with Crippen molar-refractivity contribution < 1.29 is 18.3 Å². The van der Waals surface area contributed by atoms with E-state index in [4.69, 9.17) is 4.74 Å². The molecule has 128 valence electrons. The number of aromatic nitrogens is 1. The lowest BCUT2D eigenvalue weighted by Gasteiger charge is -2.33. The number of pyridine rings is 1. The number of halogens is 2. The van der Waals surface area contributed by atoms with E-state index in [-0.39, 0.29) is 11.9 Å². The Balaban J connectivity index is 1.55. The van der Waals surface area contributed by atoms with Crippen LogP contribution < -0.4 is 4.74 Å². The number of alkyl halides is 2. The van der Waals surface area contributed by atoms with Crippen molar-refractivity contribution in [3.63, 3.8) is 0 Å². The molecule has 1 aliphatic heterocycles. The van der Waals surface area contributed by atoms with Gasteiger partial charge in [0.25, 0.3) is 0 Å². The summed E-state index contributed by atoms with van der Waals surface area (Å²) in [5.74, 6) is 0.166. The van der Waals surface area contributed by atoms with Gasteiger partial charge in [0.2, 0.25) is 0 Å². The molecule has 1 saturated heterocycles. The van der Waals surface area contributed by atoms with Crippen molar-refractivity contribution in [3.05, 3.63) is 59.9 Å². The van der Waals surface area contributed by atoms with E-state index in [2.05, 4.69) is 14.6 Å². The Kier molecular flexibility index (Phi) is 5.72. The summed E-state index contributed by atoms with van der Waals surface area (Å²) in [5.41, 5.74) is 2.24. The SMILES string of the molecule is FC(F)Oc1ccc([C@H]2CN(CCc3ccncc3)CCO2)cc1. The van der Waals surface area contributed by atoms with Gasteiger partial charge in [-0.25, -0.2) is 0 Å². The Labute approximate surface area is 140 Å². The fourth-order valence-corrected chi connectivity index (χ4v) is 2.81. The van der Waals surface area contributed by atoms with E-state index < -0.39 is 6.61 Å². The maximum Gasteiger partial charge on any atom is 0.387 e. The van der Waals surface area contributed by atoms with E-state index in [9.17, 15) is 8.78 Å². The number of benzene rings is 1. The summed E-state index contributed by atoms with van der Waals surface area (Å²) in [6.45, 7) is 0.506. The third-order valence-electron chi connectivity index (χ3n) is 4.09. The van der Waals surface area contributed by atoms with Crippen molar-refractivity contribution in [2.75, 3.05) is 26.2 Å². The zero-order chi connectivity index (χ0) is 16.8. The second-order valence-electron chi connectivity index (χ2n) is 5.71. The molecule has 0 radical (unpaired) electrons. The van der Waals surface area contributed by atoms with Gasteiger partial charge >= 0.3 is 6.61 Å². The lowest BCUT2D eigenvalue weighted by Crippen LogP contribution is -2.39. The molecule has 4 nitrogen and oxygen atoms in total. The zero-order valence-corrected chi connectivity index (χ0v) is 13.3. The number of hydrogen-bond donors (Lipinski definition) is 0. The van der Waals surface area contributed by atoms with Gasteiger partial charge in [-0.05, 0) is 41.8 Å². The number of hydrogen-bond acceptors (Lipinski definition) is 4. The summed E-state index contributed by atoms with van der Waals surface area (Å²) in [4.78, 5) is 6.39. The molecule has 1 fully saturated rings. The Hall–Kier alpha value is -2.05. The van der Waals surface area contributed by atoms with Crippen molar-refractivity contribution >= 4 is 0 Å². The van der Waals surface area contributed by atoms with Gasteiger partial charge in [0.15, 0.2) is 0 Å². The Morgan fingerprint density at radius 3 is 2.62 bits per heavy atom. The molecule has 1 aliphatic rings. The molecule has 0 saturated carbocycles. The van der Waals surface area contributed by atoms with Crippen molar-refractivity contribution in [1.29, 1.82) is 0 Å². The minimum absolute atomic E-state index is 0.0446. The second kappa shape index (κ2) is 8.17. The normalized spacial score (nSPS) is 18.7. The molecule has 0 bridgehead atoms. The molecule has 6 heteroatoms. The first kappa shape index (κ1) is 16.8. The van der Waals surface area contributed by atoms with Gasteiger partial charge in [-0.3, -0.25) is 9.88 Å². The Morgan fingerprint density at radius 2 is 1.92 bits per heavy atom. The van der Waals surface area contributed by atoms with Crippen LogP contribution in [0.2, 0.25) is 0 Å². The lowest BCUT2D eigenvalue weighted by atomic mass is 10.1. The first-order chi connectivity index (χ1) is 11.7. The third kappa shape index (κ3) is 4.72. The van der Waals surface area contributed by atoms with Crippen LogP contribution in [-0.2, 0) is 11.2 Å².